The zero-order chi connectivity index (χ0) is 17.6. The molecule has 2 N–H and O–H groups in total. The van der Waals surface area contributed by atoms with Crippen molar-refractivity contribution >= 4 is 39.3 Å². The molecule has 0 aliphatic rings. The van der Waals surface area contributed by atoms with Gasteiger partial charge >= 0.3 is 0 Å². The third-order valence-corrected chi connectivity index (χ3v) is 4.79. The van der Waals surface area contributed by atoms with Crippen molar-refractivity contribution in [3.8, 4) is 0 Å². The molecule has 0 saturated heterocycles. The Bertz CT molecular complexity index is 1110. The Hall–Kier alpha value is -2.85. The first-order valence-electron chi connectivity index (χ1n) is 7.80. The molecular formula is C20H14ClFN2O. The number of para-hydroxylation sites is 1. The Morgan fingerprint density at radius 1 is 1.00 bits per heavy atom. The SMILES string of the molecule is NC(=O)c1cccc2c1c1ccccc1n2Cc1c(F)cccc1Cl. The lowest BCUT2D eigenvalue weighted by molar-refractivity contribution is 0.100. The predicted molar refractivity (Wildman–Crippen MR) is 98.5 cm³/mol. The van der Waals surface area contributed by atoms with Crippen LogP contribution in [0, 0.1) is 5.82 Å². The molecule has 1 aromatic heterocycles. The molecule has 0 fully saturated rings. The molecule has 0 unspecified atom stereocenters. The minimum absolute atomic E-state index is 0.262. The first-order chi connectivity index (χ1) is 12.1. The average molecular weight is 353 g/mol. The summed E-state index contributed by atoms with van der Waals surface area (Å²) < 4.78 is 16.2. The zero-order valence-electron chi connectivity index (χ0n) is 13.2. The number of carbonyl (C=O) groups excluding carboxylic acids is 1. The molecular weight excluding hydrogens is 339 g/mol. The number of hydrogen-bond acceptors (Lipinski definition) is 1. The van der Waals surface area contributed by atoms with Crippen molar-refractivity contribution in [2.24, 2.45) is 5.73 Å². The number of fused-ring (bicyclic) bond motifs is 3. The second kappa shape index (κ2) is 5.90. The van der Waals surface area contributed by atoms with Gasteiger partial charge in [-0.15, -0.1) is 0 Å². The van der Waals surface area contributed by atoms with Gasteiger partial charge in [0.2, 0.25) is 5.91 Å². The van der Waals surface area contributed by atoms with Crippen LogP contribution in [0.1, 0.15) is 15.9 Å². The fourth-order valence-corrected chi connectivity index (χ4v) is 3.54. The van der Waals surface area contributed by atoms with Gasteiger partial charge in [0.1, 0.15) is 5.82 Å². The summed E-state index contributed by atoms with van der Waals surface area (Å²) in [6.07, 6.45) is 0. The number of halogens is 2. The zero-order valence-corrected chi connectivity index (χ0v) is 13.9. The summed E-state index contributed by atoms with van der Waals surface area (Å²) >= 11 is 6.20. The van der Waals surface area contributed by atoms with Gasteiger partial charge in [-0.2, -0.15) is 0 Å². The molecule has 0 saturated carbocycles. The molecule has 3 aromatic carbocycles. The van der Waals surface area contributed by atoms with Gasteiger partial charge < -0.3 is 10.3 Å². The maximum atomic E-state index is 14.3. The number of nitrogens with two attached hydrogens (primary N) is 1. The van der Waals surface area contributed by atoms with Crippen molar-refractivity contribution in [1.29, 1.82) is 0 Å². The summed E-state index contributed by atoms with van der Waals surface area (Å²) in [7, 11) is 0. The van der Waals surface area contributed by atoms with Crippen molar-refractivity contribution in [2.45, 2.75) is 6.54 Å². The first-order valence-corrected chi connectivity index (χ1v) is 8.18. The van der Waals surface area contributed by atoms with Gasteiger partial charge in [0.05, 0.1) is 12.1 Å². The lowest BCUT2D eigenvalue weighted by Gasteiger charge is -2.10. The van der Waals surface area contributed by atoms with Gasteiger partial charge in [-0.25, -0.2) is 4.39 Å². The Kier molecular flexibility index (Phi) is 3.70. The summed E-state index contributed by atoms with van der Waals surface area (Å²) in [5.41, 5.74) is 8.13. The number of primary amides is 1. The number of rotatable bonds is 3. The third-order valence-electron chi connectivity index (χ3n) is 4.44. The fraction of sp³-hybridized carbons (Fsp3) is 0.0500. The Balaban J connectivity index is 2.06. The molecule has 1 amide bonds. The van der Waals surface area contributed by atoms with E-state index in [0.717, 1.165) is 21.8 Å². The van der Waals surface area contributed by atoms with Gasteiger partial charge in [0.25, 0.3) is 0 Å². The van der Waals surface area contributed by atoms with Gasteiger partial charge in [-0.05, 0) is 30.3 Å². The van der Waals surface area contributed by atoms with Crippen LogP contribution >= 0.6 is 11.6 Å². The van der Waals surface area contributed by atoms with Gasteiger partial charge in [0.15, 0.2) is 0 Å². The molecule has 1 heterocycles. The van der Waals surface area contributed by atoms with E-state index in [1.165, 1.54) is 6.07 Å². The van der Waals surface area contributed by atoms with Crippen LogP contribution in [0.3, 0.4) is 0 Å². The quantitative estimate of drug-likeness (QED) is 0.569. The molecule has 25 heavy (non-hydrogen) atoms. The number of amides is 1. The van der Waals surface area contributed by atoms with Crippen LogP contribution in [0.2, 0.25) is 5.02 Å². The van der Waals surface area contributed by atoms with Crippen LogP contribution in [-0.2, 0) is 6.54 Å². The minimum atomic E-state index is -0.488. The molecule has 0 bridgehead atoms. The lowest BCUT2D eigenvalue weighted by atomic mass is 10.1. The van der Waals surface area contributed by atoms with Crippen LogP contribution in [0.15, 0.2) is 60.7 Å². The van der Waals surface area contributed by atoms with Crippen LogP contribution in [0.25, 0.3) is 21.8 Å². The molecule has 0 atom stereocenters. The predicted octanol–water partition coefficient (Wildman–Crippen LogP) is 4.73. The molecule has 4 rings (SSSR count). The maximum Gasteiger partial charge on any atom is 0.249 e. The molecule has 0 aliphatic carbocycles. The topological polar surface area (TPSA) is 48.0 Å². The van der Waals surface area contributed by atoms with E-state index in [2.05, 4.69) is 0 Å². The number of benzene rings is 3. The number of hydrogen-bond donors (Lipinski definition) is 1. The van der Waals surface area contributed by atoms with E-state index in [4.69, 9.17) is 17.3 Å². The second-order valence-corrected chi connectivity index (χ2v) is 6.27. The minimum Gasteiger partial charge on any atom is -0.366 e. The standard InChI is InChI=1S/C20H14ClFN2O/c21-15-7-4-8-16(22)14(15)11-24-17-9-2-1-5-12(17)19-13(20(23)25)6-3-10-18(19)24/h1-10H,11H2,(H2,23,25). The summed E-state index contributed by atoms with van der Waals surface area (Å²) in [6, 6.07) is 17.7. The van der Waals surface area contributed by atoms with Gasteiger partial charge in [-0.3, -0.25) is 4.79 Å². The number of carbonyl (C=O) groups is 1. The molecule has 124 valence electrons. The van der Waals surface area contributed by atoms with E-state index in [1.54, 1.807) is 24.3 Å². The summed E-state index contributed by atoms with van der Waals surface area (Å²) in [4.78, 5) is 11.9. The smallest absolute Gasteiger partial charge is 0.249 e. The maximum absolute atomic E-state index is 14.3. The molecule has 3 nitrogen and oxygen atoms in total. The highest BCUT2D eigenvalue weighted by Gasteiger charge is 2.17. The van der Waals surface area contributed by atoms with E-state index in [-0.39, 0.29) is 12.4 Å². The Morgan fingerprint density at radius 2 is 1.72 bits per heavy atom. The summed E-state index contributed by atoms with van der Waals surface area (Å²) in [5, 5.41) is 2.05. The van der Waals surface area contributed by atoms with Gasteiger partial charge in [-0.1, -0.05) is 41.9 Å². The highest BCUT2D eigenvalue weighted by Crippen LogP contribution is 2.33. The lowest BCUT2D eigenvalue weighted by Crippen LogP contribution is -2.11. The van der Waals surface area contributed by atoms with Gasteiger partial charge in [0, 0.05) is 32.4 Å². The Labute approximate surface area is 148 Å². The first kappa shape index (κ1) is 15.7. The van der Waals surface area contributed by atoms with Crippen molar-refractivity contribution in [2.75, 3.05) is 0 Å². The summed E-state index contributed by atoms with van der Waals surface area (Å²) in [5.74, 6) is -0.845. The van der Waals surface area contributed by atoms with Crippen molar-refractivity contribution in [3.63, 3.8) is 0 Å². The van der Waals surface area contributed by atoms with Crippen molar-refractivity contribution in [3.05, 3.63) is 82.6 Å². The van der Waals surface area contributed by atoms with Crippen LogP contribution < -0.4 is 5.73 Å². The van der Waals surface area contributed by atoms with E-state index >= 15 is 0 Å². The molecule has 0 radical (unpaired) electrons. The highest BCUT2D eigenvalue weighted by molar-refractivity contribution is 6.31. The number of aromatic nitrogens is 1. The highest BCUT2D eigenvalue weighted by atomic mass is 35.5. The molecule has 4 aromatic rings. The van der Waals surface area contributed by atoms with Crippen LogP contribution in [-0.4, -0.2) is 10.5 Å². The van der Waals surface area contributed by atoms with E-state index in [0.29, 0.717) is 16.1 Å². The Morgan fingerprint density at radius 3 is 2.48 bits per heavy atom. The third kappa shape index (κ3) is 2.46. The van der Waals surface area contributed by atoms with E-state index < -0.39 is 5.91 Å². The second-order valence-electron chi connectivity index (χ2n) is 5.87. The van der Waals surface area contributed by atoms with Crippen LogP contribution in [0.4, 0.5) is 4.39 Å². The van der Waals surface area contributed by atoms with E-state index in [9.17, 15) is 9.18 Å². The molecule has 0 spiro atoms. The fourth-order valence-electron chi connectivity index (χ4n) is 3.32. The normalized spacial score (nSPS) is 11.3. The van der Waals surface area contributed by atoms with Crippen molar-refractivity contribution < 1.29 is 9.18 Å². The molecule has 5 heteroatoms. The average Bonchev–Trinajstić information content (AvgIpc) is 2.92. The number of nitrogens with zero attached hydrogens (tertiary/aromatic N) is 1. The summed E-state index contributed by atoms with van der Waals surface area (Å²) in [6.45, 7) is 0.262. The molecule has 0 aliphatic heterocycles. The van der Waals surface area contributed by atoms with Crippen LogP contribution in [0.5, 0.6) is 0 Å². The van der Waals surface area contributed by atoms with E-state index in [1.807, 2.05) is 34.9 Å². The largest absolute Gasteiger partial charge is 0.366 e. The monoisotopic (exact) mass is 352 g/mol. The van der Waals surface area contributed by atoms with Crippen molar-refractivity contribution in [1.82, 2.24) is 4.57 Å².